The van der Waals surface area contributed by atoms with Crippen molar-refractivity contribution in [1.82, 2.24) is 10.2 Å². The third-order valence-electron chi connectivity index (χ3n) is 3.95. The minimum absolute atomic E-state index is 0.0585. The van der Waals surface area contributed by atoms with E-state index in [-0.39, 0.29) is 18.1 Å². The molecule has 3 rings (SSSR count). The molecule has 0 saturated carbocycles. The van der Waals surface area contributed by atoms with Crippen LogP contribution in [0.15, 0.2) is 41.6 Å². The van der Waals surface area contributed by atoms with Gasteiger partial charge in [0.2, 0.25) is 5.37 Å². The van der Waals surface area contributed by atoms with Gasteiger partial charge in [0.05, 0.1) is 0 Å². The highest BCUT2D eigenvalue weighted by Crippen LogP contribution is 2.36. The molecule has 25 heavy (non-hydrogen) atoms. The molecule has 2 aliphatic rings. The van der Waals surface area contributed by atoms with Crippen LogP contribution in [0.4, 0.5) is 0 Å². The van der Waals surface area contributed by atoms with Crippen molar-refractivity contribution >= 4 is 29.0 Å². The van der Waals surface area contributed by atoms with Crippen LogP contribution in [0.2, 0.25) is 0 Å². The topological polar surface area (TPSA) is 119 Å². The second kappa shape index (κ2) is 6.77. The summed E-state index contributed by atoms with van der Waals surface area (Å²) in [6.07, 6.45) is 0. The van der Waals surface area contributed by atoms with E-state index >= 15 is 0 Å². The van der Waals surface area contributed by atoms with Crippen LogP contribution in [0.1, 0.15) is 6.92 Å². The highest BCUT2D eigenvalue weighted by atomic mass is 32.2. The second-order valence-corrected chi connectivity index (χ2v) is 7.24. The lowest BCUT2D eigenvalue weighted by Gasteiger charge is -2.48. The summed E-state index contributed by atoms with van der Waals surface area (Å²) in [6, 6.07) is 7.69. The molecule has 0 aliphatic carbocycles. The monoisotopic (exact) mass is 364 g/mol. The van der Waals surface area contributed by atoms with Gasteiger partial charge in [0.25, 0.3) is 11.8 Å². The minimum Gasteiger partial charge on any atom is -0.614 e. The molecule has 0 aromatic heterocycles. The lowest BCUT2D eigenvalue weighted by atomic mass is 10.0. The standard InChI is InChI=1S/C16H16N2O6S/c1-9-8-25(23)15-12(14(20)18(15)13(9)16(21)22)17-11(19)7-24-10-5-3-2-4-6-10/h2-6,12,15H,7-8H2,1H3,(H,17,19)(H,21,22)/t12-,15-,25?/m1/s1. The predicted molar refractivity (Wildman–Crippen MR) is 87.8 cm³/mol. The van der Waals surface area contributed by atoms with Crippen LogP contribution in [0.5, 0.6) is 5.75 Å². The van der Waals surface area contributed by atoms with Gasteiger partial charge in [-0.1, -0.05) is 18.2 Å². The van der Waals surface area contributed by atoms with Crippen molar-refractivity contribution in [1.29, 1.82) is 0 Å². The molecule has 0 bridgehead atoms. The van der Waals surface area contributed by atoms with E-state index in [1.165, 1.54) is 6.92 Å². The average molecular weight is 364 g/mol. The van der Waals surface area contributed by atoms with E-state index in [9.17, 15) is 24.0 Å². The number of aliphatic carboxylic acids is 1. The van der Waals surface area contributed by atoms with Crippen LogP contribution in [-0.2, 0) is 25.6 Å². The van der Waals surface area contributed by atoms with Crippen molar-refractivity contribution in [2.75, 3.05) is 12.4 Å². The summed E-state index contributed by atoms with van der Waals surface area (Å²) < 4.78 is 17.6. The molecule has 0 spiro atoms. The quantitative estimate of drug-likeness (QED) is 0.553. The van der Waals surface area contributed by atoms with Gasteiger partial charge in [-0.3, -0.25) is 14.5 Å². The van der Waals surface area contributed by atoms with Gasteiger partial charge >= 0.3 is 5.97 Å². The summed E-state index contributed by atoms with van der Waals surface area (Å²) in [4.78, 5) is 36.6. The predicted octanol–water partition coefficient (Wildman–Crippen LogP) is -0.161. The van der Waals surface area contributed by atoms with Gasteiger partial charge in [0.1, 0.15) is 17.2 Å². The number of fused-ring (bicyclic) bond motifs is 1. The van der Waals surface area contributed by atoms with Crippen LogP contribution >= 0.6 is 0 Å². The van der Waals surface area contributed by atoms with Crippen LogP contribution < -0.4 is 10.1 Å². The molecule has 8 nitrogen and oxygen atoms in total. The highest BCUT2D eigenvalue weighted by molar-refractivity contribution is 7.92. The Kier molecular flexibility index (Phi) is 4.69. The fraction of sp³-hybridized carbons (Fsp3) is 0.312. The molecule has 1 unspecified atom stereocenters. The number of ether oxygens (including phenoxy) is 1. The number of carboxylic acids is 1. The number of carbonyl (C=O) groups excluding carboxylic acids is 2. The molecule has 2 aliphatic heterocycles. The van der Waals surface area contributed by atoms with Crippen LogP contribution in [0, 0.1) is 0 Å². The molecule has 1 saturated heterocycles. The Hall–Kier alpha value is -2.52. The molecular formula is C16H16N2O6S. The molecule has 3 atom stereocenters. The van der Waals surface area contributed by atoms with E-state index in [1.54, 1.807) is 24.3 Å². The van der Waals surface area contributed by atoms with Gasteiger partial charge < -0.3 is 19.7 Å². The fourth-order valence-electron chi connectivity index (χ4n) is 2.84. The van der Waals surface area contributed by atoms with Crippen LogP contribution in [-0.4, -0.2) is 56.1 Å². The Bertz CT molecular complexity index is 750. The number of hydrogen-bond acceptors (Lipinski definition) is 5. The number of hydrogen-bond donors (Lipinski definition) is 2. The molecule has 132 valence electrons. The van der Waals surface area contributed by atoms with E-state index in [1.807, 2.05) is 6.07 Å². The van der Waals surface area contributed by atoms with Gasteiger partial charge in [-0.2, -0.15) is 0 Å². The molecule has 1 aromatic carbocycles. The first kappa shape index (κ1) is 17.3. The summed E-state index contributed by atoms with van der Waals surface area (Å²) in [7, 11) is 0. The number of carboxylic acid groups (broad SMARTS) is 1. The number of rotatable bonds is 5. The third-order valence-corrected chi connectivity index (χ3v) is 5.69. The van der Waals surface area contributed by atoms with Crippen molar-refractivity contribution in [3.63, 3.8) is 0 Å². The Morgan fingerprint density at radius 3 is 2.72 bits per heavy atom. The number of nitrogens with one attached hydrogen (secondary N) is 1. The summed E-state index contributed by atoms with van der Waals surface area (Å²) in [5, 5.41) is 10.9. The first-order chi connectivity index (χ1) is 11.9. The zero-order valence-corrected chi connectivity index (χ0v) is 14.1. The zero-order valence-electron chi connectivity index (χ0n) is 13.3. The number of amides is 2. The largest absolute Gasteiger partial charge is 0.614 e. The fourth-order valence-corrected chi connectivity index (χ4v) is 4.51. The van der Waals surface area contributed by atoms with Crippen LogP contribution in [0.25, 0.3) is 0 Å². The molecule has 2 N–H and O–H groups in total. The highest BCUT2D eigenvalue weighted by Gasteiger charge is 2.60. The number of carbonyl (C=O) groups is 3. The lowest BCUT2D eigenvalue weighted by molar-refractivity contribution is -0.151. The number of para-hydroxylation sites is 1. The first-order valence-electron chi connectivity index (χ1n) is 7.50. The van der Waals surface area contributed by atoms with E-state index < -0.39 is 40.4 Å². The number of benzene rings is 1. The van der Waals surface area contributed by atoms with Crippen molar-refractivity contribution in [3.05, 3.63) is 41.6 Å². The Morgan fingerprint density at radius 1 is 1.40 bits per heavy atom. The summed E-state index contributed by atoms with van der Waals surface area (Å²) >= 11 is -1.47. The normalized spacial score (nSPS) is 25.1. The van der Waals surface area contributed by atoms with Gasteiger partial charge in [0.15, 0.2) is 12.6 Å². The van der Waals surface area contributed by atoms with Gasteiger partial charge in [0, 0.05) is 5.57 Å². The van der Waals surface area contributed by atoms with Gasteiger partial charge in [-0.05, 0) is 30.2 Å². The van der Waals surface area contributed by atoms with E-state index in [4.69, 9.17) is 4.74 Å². The SMILES string of the molecule is CC1=C(C(=O)O)N2C(=O)[C@@H](NC(=O)COc3ccccc3)[C@H]2[S+]([O-])C1. The van der Waals surface area contributed by atoms with Crippen molar-refractivity contribution in [2.45, 2.75) is 18.3 Å². The Labute approximate surface area is 146 Å². The smallest absolute Gasteiger partial charge is 0.352 e. The summed E-state index contributed by atoms with van der Waals surface area (Å²) in [5.74, 6) is -1.80. The maximum atomic E-state index is 12.3. The molecule has 2 amide bonds. The van der Waals surface area contributed by atoms with E-state index in [0.29, 0.717) is 11.3 Å². The number of β-lactam (4-membered cyclic amide) rings is 1. The van der Waals surface area contributed by atoms with E-state index in [0.717, 1.165) is 4.90 Å². The molecule has 1 aromatic rings. The van der Waals surface area contributed by atoms with Crippen molar-refractivity contribution in [3.8, 4) is 5.75 Å². The van der Waals surface area contributed by atoms with Gasteiger partial charge in [-0.25, -0.2) is 4.79 Å². The van der Waals surface area contributed by atoms with E-state index in [2.05, 4.69) is 5.32 Å². The van der Waals surface area contributed by atoms with Gasteiger partial charge in [-0.15, -0.1) is 0 Å². The van der Waals surface area contributed by atoms with Crippen molar-refractivity contribution < 1.29 is 28.8 Å². The number of nitrogens with zero attached hydrogens (tertiary/aromatic N) is 1. The molecule has 2 heterocycles. The summed E-state index contributed by atoms with van der Waals surface area (Å²) in [6.45, 7) is 1.23. The zero-order chi connectivity index (χ0) is 18.1. The first-order valence-corrected chi connectivity index (χ1v) is 8.89. The average Bonchev–Trinajstić information content (AvgIpc) is 2.58. The van der Waals surface area contributed by atoms with Crippen LogP contribution in [0.3, 0.4) is 0 Å². The maximum Gasteiger partial charge on any atom is 0.352 e. The minimum atomic E-state index is -1.47. The maximum absolute atomic E-state index is 12.3. The summed E-state index contributed by atoms with van der Waals surface area (Å²) in [5.41, 5.74) is 0.230. The lowest BCUT2D eigenvalue weighted by Crippen LogP contribution is -2.74. The molecule has 1 fully saturated rings. The van der Waals surface area contributed by atoms with Crippen molar-refractivity contribution in [2.24, 2.45) is 0 Å². The Morgan fingerprint density at radius 2 is 2.08 bits per heavy atom. The molecular weight excluding hydrogens is 348 g/mol. The molecule has 9 heteroatoms. The second-order valence-electron chi connectivity index (χ2n) is 5.70. The Balaban J connectivity index is 1.64. The molecule has 0 radical (unpaired) electrons. The third kappa shape index (κ3) is 3.20.